The van der Waals surface area contributed by atoms with Gasteiger partial charge in [0.1, 0.15) is 0 Å². The van der Waals surface area contributed by atoms with Crippen LogP contribution in [0.5, 0.6) is 28.7 Å². The quantitative estimate of drug-likeness (QED) is 0.767. The van der Waals surface area contributed by atoms with Crippen LogP contribution in [0.15, 0.2) is 30.3 Å². The maximum Gasteiger partial charge on any atom is 0.200 e. The molecule has 23 heavy (non-hydrogen) atoms. The van der Waals surface area contributed by atoms with Crippen molar-refractivity contribution in [2.45, 2.75) is 19.3 Å². The number of hydrogen-bond donors (Lipinski definition) is 2. The maximum atomic E-state index is 9.82. The predicted molar refractivity (Wildman–Crippen MR) is 87.9 cm³/mol. The summed E-state index contributed by atoms with van der Waals surface area (Å²) >= 11 is 0. The number of hydrogen-bond acceptors (Lipinski definition) is 5. The molecule has 0 aromatic heterocycles. The van der Waals surface area contributed by atoms with Gasteiger partial charge >= 0.3 is 0 Å². The average molecular weight is 318 g/mol. The third-order valence-corrected chi connectivity index (χ3v) is 3.76. The summed E-state index contributed by atoms with van der Waals surface area (Å²) in [6.07, 6.45) is 2.45. The molecule has 0 fully saturated rings. The molecule has 0 saturated heterocycles. The first-order valence-corrected chi connectivity index (χ1v) is 7.39. The van der Waals surface area contributed by atoms with E-state index in [9.17, 15) is 10.2 Å². The Morgan fingerprint density at radius 2 is 1.57 bits per heavy atom. The van der Waals surface area contributed by atoms with Crippen molar-refractivity contribution in [2.75, 3.05) is 21.3 Å². The molecule has 0 radical (unpaired) electrons. The maximum absolute atomic E-state index is 9.82. The minimum absolute atomic E-state index is 0.175. The Bertz CT molecular complexity index is 667. The minimum Gasteiger partial charge on any atom is -0.504 e. The molecular weight excluding hydrogens is 296 g/mol. The van der Waals surface area contributed by atoms with E-state index in [2.05, 4.69) is 0 Å². The molecule has 0 aliphatic heterocycles. The van der Waals surface area contributed by atoms with Crippen molar-refractivity contribution in [1.29, 1.82) is 0 Å². The SMILES string of the molecule is COc1ccc(CCCc2ccc(O)c(O)c2OC)cc1OC. The van der Waals surface area contributed by atoms with Crippen LogP contribution in [-0.2, 0) is 12.8 Å². The van der Waals surface area contributed by atoms with E-state index in [1.807, 2.05) is 18.2 Å². The van der Waals surface area contributed by atoms with E-state index >= 15 is 0 Å². The van der Waals surface area contributed by atoms with Crippen LogP contribution in [0.25, 0.3) is 0 Å². The molecule has 0 saturated carbocycles. The number of ether oxygens (including phenoxy) is 3. The van der Waals surface area contributed by atoms with Crippen LogP contribution in [0.4, 0.5) is 0 Å². The van der Waals surface area contributed by atoms with Gasteiger partial charge < -0.3 is 24.4 Å². The second kappa shape index (κ2) is 7.63. The second-order valence-electron chi connectivity index (χ2n) is 5.17. The fraction of sp³-hybridized carbons (Fsp3) is 0.333. The minimum atomic E-state index is -0.212. The molecule has 2 aromatic carbocycles. The third-order valence-electron chi connectivity index (χ3n) is 3.76. The normalized spacial score (nSPS) is 10.4. The molecule has 0 bridgehead atoms. The third kappa shape index (κ3) is 3.80. The zero-order chi connectivity index (χ0) is 16.8. The summed E-state index contributed by atoms with van der Waals surface area (Å²) in [5, 5.41) is 19.3. The Kier molecular flexibility index (Phi) is 5.57. The molecule has 0 aliphatic carbocycles. The summed E-state index contributed by atoms with van der Waals surface area (Å²) in [7, 11) is 4.71. The molecule has 0 spiro atoms. The fourth-order valence-electron chi connectivity index (χ4n) is 2.55. The van der Waals surface area contributed by atoms with Crippen LogP contribution in [-0.4, -0.2) is 31.5 Å². The molecule has 2 rings (SSSR count). The Morgan fingerprint density at radius 3 is 2.22 bits per heavy atom. The van der Waals surface area contributed by atoms with Crippen molar-refractivity contribution in [3.63, 3.8) is 0 Å². The summed E-state index contributed by atoms with van der Waals surface area (Å²) in [6.45, 7) is 0. The van der Waals surface area contributed by atoms with Crippen LogP contribution in [0.1, 0.15) is 17.5 Å². The molecule has 0 amide bonds. The number of benzene rings is 2. The van der Waals surface area contributed by atoms with Crippen LogP contribution in [0.3, 0.4) is 0 Å². The number of rotatable bonds is 7. The number of phenols is 2. The number of phenolic OH excluding ortho intramolecular Hbond substituents is 2. The lowest BCUT2D eigenvalue weighted by Gasteiger charge is -2.12. The van der Waals surface area contributed by atoms with Crippen LogP contribution < -0.4 is 14.2 Å². The molecule has 0 heterocycles. The fourth-order valence-corrected chi connectivity index (χ4v) is 2.55. The average Bonchev–Trinajstić information content (AvgIpc) is 2.58. The molecule has 0 aliphatic rings. The van der Waals surface area contributed by atoms with Gasteiger partial charge in [-0.2, -0.15) is 0 Å². The molecule has 2 aromatic rings. The number of methoxy groups -OCH3 is 3. The highest BCUT2D eigenvalue weighted by Gasteiger charge is 2.12. The van der Waals surface area contributed by atoms with E-state index in [0.717, 1.165) is 30.4 Å². The van der Waals surface area contributed by atoms with Crippen molar-refractivity contribution in [2.24, 2.45) is 0 Å². The highest BCUT2D eigenvalue weighted by atomic mass is 16.5. The predicted octanol–water partition coefficient (Wildman–Crippen LogP) is 3.30. The largest absolute Gasteiger partial charge is 0.504 e. The van der Waals surface area contributed by atoms with E-state index in [0.29, 0.717) is 17.2 Å². The molecule has 2 N–H and O–H groups in total. The van der Waals surface area contributed by atoms with Gasteiger partial charge in [0.15, 0.2) is 23.0 Å². The van der Waals surface area contributed by atoms with E-state index in [1.54, 1.807) is 20.3 Å². The van der Waals surface area contributed by atoms with E-state index in [-0.39, 0.29) is 11.5 Å². The van der Waals surface area contributed by atoms with Crippen molar-refractivity contribution < 1.29 is 24.4 Å². The van der Waals surface area contributed by atoms with Gasteiger partial charge in [-0.05, 0) is 48.6 Å². The Labute approximate surface area is 136 Å². The topological polar surface area (TPSA) is 68.2 Å². The number of aromatic hydroxyl groups is 2. The standard InChI is InChI=1S/C18H22O5/c1-21-15-10-7-12(11-16(15)22-2)5-4-6-13-8-9-14(19)17(20)18(13)23-3/h7-11,19-20H,4-6H2,1-3H3. The van der Waals surface area contributed by atoms with Gasteiger partial charge in [-0.15, -0.1) is 0 Å². The lowest BCUT2D eigenvalue weighted by atomic mass is 10.0. The summed E-state index contributed by atoms with van der Waals surface area (Å²) in [5.41, 5.74) is 2.01. The Hall–Kier alpha value is -2.56. The summed E-state index contributed by atoms with van der Waals surface area (Å²) < 4.78 is 15.7. The van der Waals surface area contributed by atoms with E-state index < -0.39 is 0 Å². The molecule has 5 nitrogen and oxygen atoms in total. The van der Waals surface area contributed by atoms with Gasteiger partial charge in [0.25, 0.3) is 0 Å². The molecular formula is C18H22O5. The van der Waals surface area contributed by atoms with Gasteiger partial charge in [-0.3, -0.25) is 0 Å². The highest BCUT2D eigenvalue weighted by molar-refractivity contribution is 5.54. The van der Waals surface area contributed by atoms with Gasteiger partial charge in [-0.25, -0.2) is 0 Å². The lowest BCUT2D eigenvalue weighted by Crippen LogP contribution is -1.96. The van der Waals surface area contributed by atoms with Crippen LogP contribution in [0, 0.1) is 0 Å². The van der Waals surface area contributed by atoms with E-state index in [1.165, 1.54) is 13.2 Å². The molecule has 0 unspecified atom stereocenters. The molecule has 0 atom stereocenters. The van der Waals surface area contributed by atoms with Crippen molar-refractivity contribution in [1.82, 2.24) is 0 Å². The van der Waals surface area contributed by atoms with Crippen LogP contribution in [0.2, 0.25) is 0 Å². The summed E-state index contributed by atoms with van der Waals surface area (Å²) in [6, 6.07) is 9.10. The monoisotopic (exact) mass is 318 g/mol. The highest BCUT2D eigenvalue weighted by Crippen LogP contribution is 2.38. The Morgan fingerprint density at radius 1 is 0.826 bits per heavy atom. The van der Waals surface area contributed by atoms with Gasteiger partial charge in [0, 0.05) is 0 Å². The van der Waals surface area contributed by atoms with Gasteiger partial charge in [0.2, 0.25) is 5.75 Å². The van der Waals surface area contributed by atoms with Gasteiger partial charge in [0.05, 0.1) is 21.3 Å². The molecule has 5 heteroatoms. The second-order valence-corrected chi connectivity index (χ2v) is 5.17. The lowest BCUT2D eigenvalue weighted by molar-refractivity contribution is 0.347. The van der Waals surface area contributed by atoms with Crippen molar-refractivity contribution in [3.8, 4) is 28.7 Å². The Balaban J connectivity index is 2.04. The van der Waals surface area contributed by atoms with Crippen LogP contribution >= 0.6 is 0 Å². The first-order chi connectivity index (χ1) is 11.1. The van der Waals surface area contributed by atoms with E-state index in [4.69, 9.17) is 14.2 Å². The van der Waals surface area contributed by atoms with Crippen molar-refractivity contribution in [3.05, 3.63) is 41.5 Å². The smallest absolute Gasteiger partial charge is 0.200 e. The first-order valence-electron chi connectivity index (χ1n) is 7.39. The first kappa shape index (κ1) is 16.8. The molecule has 124 valence electrons. The van der Waals surface area contributed by atoms with Crippen molar-refractivity contribution >= 4 is 0 Å². The van der Waals surface area contributed by atoms with Gasteiger partial charge in [-0.1, -0.05) is 12.1 Å². The zero-order valence-electron chi connectivity index (χ0n) is 13.6. The summed E-state index contributed by atoms with van der Waals surface area (Å²) in [4.78, 5) is 0. The summed E-state index contributed by atoms with van der Waals surface area (Å²) in [5.74, 6) is 1.37. The zero-order valence-corrected chi connectivity index (χ0v) is 13.6. The number of aryl methyl sites for hydroxylation is 2.